The fourth-order valence-corrected chi connectivity index (χ4v) is 3.92. The Kier molecular flexibility index (Phi) is 8.28. The van der Waals surface area contributed by atoms with E-state index in [0.717, 1.165) is 23.3 Å². The second-order valence-corrected chi connectivity index (χ2v) is 7.66. The average Bonchev–Trinajstić information content (AvgIpc) is 3.18. The van der Waals surface area contributed by atoms with Crippen molar-refractivity contribution in [3.63, 3.8) is 0 Å². The van der Waals surface area contributed by atoms with Crippen LogP contribution in [-0.4, -0.2) is 38.1 Å². The molecule has 0 spiro atoms. The van der Waals surface area contributed by atoms with Crippen LogP contribution in [0.3, 0.4) is 0 Å². The quantitative estimate of drug-likeness (QED) is 0.546. The Morgan fingerprint density at radius 1 is 1.10 bits per heavy atom. The number of alkyl halides is 3. The first-order valence-corrected chi connectivity index (χ1v) is 10.3. The number of hydrogen-bond acceptors (Lipinski definition) is 5. The smallest absolute Gasteiger partial charge is 0.471 e. The number of carbonyl (C=O) groups is 2. The van der Waals surface area contributed by atoms with Gasteiger partial charge in [0.1, 0.15) is 0 Å². The van der Waals surface area contributed by atoms with Crippen molar-refractivity contribution < 1.29 is 32.2 Å². The Labute approximate surface area is 177 Å². The summed E-state index contributed by atoms with van der Waals surface area (Å²) in [6.45, 7) is 2.00. The van der Waals surface area contributed by atoms with Gasteiger partial charge in [-0.05, 0) is 43.0 Å². The van der Waals surface area contributed by atoms with Crippen molar-refractivity contribution in [2.45, 2.75) is 44.8 Å². The summed E-state index contributed by atoms with van der Waals surface area (Å²) in [4.78, 5) is 25.3. The average molecular weight is 443 g/mol. The molecule has 1 unspecified atom stereocenters. The predicted molar refractivity (Wildman–Crippen MR) is 108 cm³/mol. The van der Waals surface area contributed by atoms with Gasteiger partial charge in [-0.3, -0.25) is 9.59 Å². The fraction of sp³-hybridized carbons (Fsp3) is 0.429. The number of carbonyl (C=O) groups excluding carboxylic acids is 2. The molecule has 0 bridgehead atoms. The molecule has 1 atom stereocenters. The monoisotopic (exact) mass is 443 g/mol. The van der Waals surface area contributed by atoms with Crippen LogP contribution >= 0.6 is 11.3 Å². The summed E-state index contributed by atoms with van der Waals surface area (Å²) in [5.74, 6) is -1.68. The zero-order chi connectivity index (χ0) is 22.3. The molecule has 0 aliphatic rings. The van der Waals surface area contributed by atoms with E-state index in [2.05, 4.69) is 0 Å². The summed E-state index contributed by atoms with van der Waals surface area (Å²) in [6, 6.07) is 5.49. The third kappa shape index (κ3) is 6.22. The number of ether oxygens (including phenoxy) is 2. The second kappa shape index (κ2) is 10.5. The highest BCUT2D eigenvalue weighted by Gasteiger charge is 2.40. The van der Waals surface area contributed by atoms with Crippen LogP contribution in [0.4, 0.5) is 13.2 Å². The third-order valence-corrected chi connectivity index (χ3v) is 5.48. The van der Waals surface area contributed by atoms with Crippen molar-refractivity contribution in [3.05, 3.63) is 45.6 Å². The molecule has 9 heteroatoms. The lowest BCUT2D eigenvalue weighted by atomic mass is 9.98. The van der Waals surface area contributed by atoms with Crippen molar-refractivity contribution in [2.24, 2.45) is 0 Å². The van der Waals surface area contributed by atoms with Gasteiger partial charge in [-0.25, -0.2) is 0 Å². The van der Waals surface area contributed by atoms with Crippen molar-refractivity contribution in [2.75, 3.05) is 14.2 Å². The van der Waals surface area contributed by atoms with E-state index in [-0.39, 0.29) is 12.8 Å². The summed E-state index contributed by atoms with van der Waals surface area (Å²) >= 11 is 1.38. The van der Waals surface area contributed by atoms with Crippen LogP contribution < -0.4 is 14.8 Å². The molecule has 5 nitrogen and oxygen atoms in total. The first-order chi connectivity index (χ1) is 14.2. The number of methoxy groups -OCH3 is 2. The Morgan fingerprint density at radius 2 is 1.80 bits per heavy atom. The first kappa shape index (κ1) is 23.7. The molecule has 1 aromatic carbocycles. The number of amides is 1. The molecule has 2 rings (SSSR count). The first-order valence-electron chi connectivity index (χ1n) is 9.39. The Morgan fingerprint density at radius 3 is 2.40 bits per heavy atom. The normalized spacial score (nSPS) is 12.3. The van der Waals surface area contributed by atoms with Crippen LogP contribution in [0.1, 0.15) is 40.6 Å². The Balaban J connectivity index is 2.20. The van der Waals surface area contributed by atoms with Crippen LogP contribution in [0.25, 0.3) is 0 Å². The summed E-state index contributed by atoms with van der Waals surface area (Å²) in [6.07, 6.45) is -3.12. The van der Waals surface area contributed by atoms with Gasteiger partial charge in [0, 0.05) is 15.8 Å². The third-order valence-electron chi connectivity index (χ3n) is 4.48. The van der Waals surface area contributed by atoms with E-state index in [1.54, 1.807) is 29.6 Å². The number of halogens is 3. The minimum Gasteiger partial charge on any atom is -0.493 e. The van der Waals surface area contributed by atoms with E-state index in [1.807, 2.05) is 12.2 Å². The molecule has 30 heavy (non-hydrogen) atoms. The summed E-state index contributed by atoms with van der Waals surface area (Å²) in [5, 5.41) is 3.47. The van der Waals surface area contributed by atoms with Crippen molar-refractivity contribution in [3.8, 4) is 11.5 Å². The standard InChI is InChI=1S/C21H24F3NO4S/c1-4-5-15-11-14(12-30-15)19(26)16(25-20(27)21(22,23)24)8-6-13-7-9-17(28-2)18(10-13)29-3/h7,9-12,16H,4-6,8H2,1-3H3,(H,25,27). The van der Waals surface area contributed by atoms with Gasteiger partial charge in [-0.15, -0.1) is 11.3 Å². The van der Waals surface area contributed by atoms with E-state index in [4.69, 9.17) is 9.47 Å². The van der Waals surface area contributed by atoms with Crippen molar-refractivity contribution in [1.82, 2.24) is 5.32 Å². The van der Waals surface area contributed by atoms with E-state index in [9.17, 15) is 22.8 Å². The van der Waals surface area contributed by atoms with Crippen molar-refractivity contribution in [1.29, 1.82) is 0 Å². The van der Waals surface area contributed by atoms with E-state index in [0.29, 0.717) is 17.1 Å². The lowest BCUT2D eigenvalue weighted by Gasteiger charge is -2.18. The number of benzene rings is 1. The maximum atomic E-state index is 12.8. The number of thiophene rings is 1. The molecule has 164 valence electrons. The molecule has 1 heterocycles. The van der Waals surface area contributed by atoms with Crippen LogP contribution in [0, 0.1) is 0 Å². The van der Waals surface area contributed by atoms with Crippen LogP contribution in [0.5, 0.6) is 11.5 Å². The van der Waals surface area contributed by atoms with Gasteiger partial charge in [0.2, 0.25) is 0 Å². The molecule has 0 saturated heterocycles. The minimum atomic E-state index is -5.07. The Hall–Kier alpha value is -2.55. The van der Waals surface area contributed by atoms with Gasteiger partial charge in [0.15, 0.2) is 17.3 Å². The molecular formula is C21H24F3NO4S. The second-order valence-electron chi connectivity index (χ2n) is 6.67. The zero-order valence-corrected chi connectivity index (χ0v) is 17.8. The van der Waals surface area contributed by atoms with Gasteiger partial charge < -0.3 is 14.8 Å². The molecule has 0 radical (unpaired) electrons. The summed E-state index contributed by atoms with van der Waals surface area (Å²) in [7, 11) is 2.97. The number of ketones is 1. The zero-order valence-electron chi connectivity index (χ0n) is 17.0. The SMILES string of the molecule is CCCc1cc(C(=O)C(CCc2ccc(OC)c(OC)c2)NC(=O)C(F)(F)F)cs1. The van der Waals surface area contributed by atoms with Crippen LogP contribution in [0.15, 0.2) is 29.6 Å². The van der Waals surface area contributed by atoms with Gasteiger partial charge in [0.05, 0.1) is 20.3 Å². The lowest BCUT2D eigenvalue weighted by molar-refractivity contribution is -0.174. The van der Waals surface area contributed by atoms with Gasteiger partial charge in [-0.2, -0.15) is 13.2 Å². The molecular weight excluding hydrogens is 419 g/mol. The number of hydrogen-bond donors (Lipinski definition) is 1. The van der Waals surface area contributed by atoms with E-state index >= 15 is 0 Å². The molecule has 0 saturated carbocycles. The van der Waals surface area contributed by atoms with Gasteiger partial charge in [-0.1, -0.05) is 19.4 Å². The van der Waals surface area contributed by atoms with Crippen molar-refractivity contribution >= 4 is 23.0 Å². The maximum absolute atomic E-state index is 12.8. The number of aryl methyl sites for hydroxylation is 2. The van der Waals surface area contributed by atoms with Crippen LogP contribution in [0.2, 0.25) is 0 Å². The highest BCUT2D eigenvalue weighted by molar-refractivity contribution is 7.10. The van der Waals surface area contributed by atoms with Crippen LogP contribution in [-0.2, 0) is 17.6 Å². The minimum absolute atomic E-state index is 0.00902. The lowest BCUT2D eigenvalue weighted by Crippen LogP contribution is -2.47. The van der Waals surface area contributed by atoms with Gasteiger partial charge in [0.25, 0.3) is 0 Å². The highest BCUT2D eigenvalue weighted by Crippen LogP contribution is 2.28. The molecule has 0 aliphatic carbocycles. The molecule has 1 N–H and O–H groups in total. The molecule has 0 fully saturated rings. The molecule has 1 aromatic heterocycles. The Bertz CT molecular complexity index is 879. The van der Waals surface area contributed by atoms with E-state index < -0.39 is 23.9 Å². The van der Waals surface area contributed by atoms with Gasteiger partial charge >= 0.3 is 12.1 Å². The number of rotatable bonds is 10. The number of Topliss-reactive ketones (excluding diaryl/α,β-unsaturated/α-hetero) is 1. The number of nitrogens with one attached hydrogen (secondary N) is 1. The summed E-state index contributed by atoms with van der Waals surface area (Å²) in [5.41, 5.74) is 1.05. The highest BCUT2D eigenvalue weighted by atomic mass is 32.1. The topological polar surface area (TPSA) is 64.6 Å². The summed E-state index contributed by atoms with van der Waals surface area (Å²) < 4.78 is 48.7. The molecule has 2 aromatic rings. The molecule has 0 aliphatic heterocycles. The largest absolute Gasteiger partial charge is 0.493 e. The van der Waals surface area contributed by atoms with E-state index in [1.165, 1.54) is 25.6 Å². The fourth-order valence-electron chi connectivity index (χ4n) is 2.94. The molecule has 1 amide bonds. The maximum Gasteiger partial charge on any atom is 0.471 e. The predicted octanol–water partition coefficient (Wildman–Crippen LogP) is 4.58.